The fourth-order valence-electron chi connectivity index (χ4n) is 2.03. The molecule has 0 saturated carbocycles. The van der Waals surface area contributed by atoms with Gasteiger partial charge in [0, 0.05) is 39.8 Å². The highest BCUT2D eigenvalue weighted by atomic mass is 16.5. The lowest BCUT2D eigenvalue weighted by Crippen LogP contribution is -2.39. The van der Waals surface area contributed by atoms with E-state index in [0.29, 0.717) is 38.8 Å². The van der Waals surface area contributed by atoms with Crippen LogP contribution in [0.5, 0.6) is 0 Å². The van der Waals surface area contributed by atoms with Gasteiger partial charge >= 0.3 is 0 Å². The number of hydrogen-bond donors (Lipinski definition) is 1. The second-order valence-electron chi connectivity index (χ2n) is 4.36. The molecule has 5 nitrogen and oxygen atoms in total. The maximum Gasteiger partial charge on any atom is 0.224 e. The number of hydrogen-bond acceptors (Lipinski definition) is 4. The van der Waals surface area contributed by atoms with E-state index in [1.807, 2.05) is 4.90 Å². The van der Waals surface area contributed by atoms with Gasteiger partial charge in [-0.1, -0.05) is 0 Å². The molecular weight excluding hydrogens is 220 g/mol. The molecule has 0 spiro atoms. The molecule has 1 fully saturated rings. The van der Waals surface area contributed by atoms with Gasteiger partial charge in [0.05, 0.1) is 13.2 Å². The fourth-order valence-corrected chi connectivity index (χ4v) is 2.03. The Morgan fingerprint density at radius 2 is 1.94 bits per heavy atom. The van der Waals surface area contributed by atoms with Gasteiger partial charge < -0.3 is 19.7 Å². The summed E-state index contributed by atoms with van der Waals surface area (Å²) in [5.74, 6) is 0.193. The maximum atomic E-state index is 12.1. The number of rotatable bonds is 8. The second-order valence-corrected chi connectivity index (χ2v) is 4.36. The van der Waals surface area contributed by atoms with Gasteiger partial charge in [0.15, 0.2) is 0 Å². The summed E-state index contributed by atoms with van der Waals surface area (Å²) in [6.07, 6.45) is 2.87. The zero-order chi connectivity index (χ0) is 12.5. The minimum atomic E-state index is 0.193. The average Bonchev–Trinajstić information content (AvgIpc) is 2.82. The lowest BCUT2D eigenvalue weighted by Gasteiger charge is -2.23. The van der Waals surface area contributed by atoms with Crippen molar-refractivity contribution in [2.75, 3.05) is 47.1 Å². The van der Waals surface area contributed by atoms with Gasteiger partial charge in [-0.05, 0) is 19.4 Å². The summed E-state index contributed by atoms with van der Waals surface area (Å²) in [5, 5.41) is 3.34. The fraction of sp³-hybridized carbons (Fsp3) is 0.917. The first kappa shape index (κ1) is 14.4. The average molecular weight is 244 g/mol. The van der Waals surface area contributed by atoms with Crippen LogP contribution in [0, 0.1) is 0 Å². The Balaban J connectivity index is 2.34. The van der Waals surface area contributed by atoms with E-state index in [2.05, 4.69) is 5.32 Å². The molecule has 0 aromatic heterocycles. The third kappa shape index (κ3) is 5.48. The number of carbonyl (C=O) groups is 1. The van der Waals surface area contributed by atoms with Crippen molar-refractivity contribution < 1.29 is 14.3 Å². The van der Waals surface area contributed by atoms with Crippen molar-refractivity contribution in [1.29, 1.82) is 0 Å². The van der Waals surface area contributed by atoms with E-state index >= 15 is 0 Å². The van der Waals surface area contributed by atoms with Crippen molar-refractivity contribution in [3.63, 3.8) is 0 Å². The van der Waals surface area contributed by atoms with Crippen LogP contribution in [0.2, 0.25) is 0 Å². The van der Waals surface area contributed by atoms with Crippen LogP contribution in [-0.4, -0.2) is 63.9 Å². The number of nitrogens with zero attached hydrogens (tertiary/aromatic N) is 1. The van der Waals surface area contributed by atoms with Crippen LogP contribution in [0.1, 0.15) is 19.3 Å². The molecule has 0 bridgehead atoms. The van der Waals surface area contributed by atoms with Crippen molar-refractivity contribution in [2.45, 2.75) is 25.3 Å². The summed E-state index contributed by atoms with van der Waals surface area (Å²) in [6.45, 7) is 3.48. The molecule has 1 atom stereocenters. The largest absolute Gasteiger partial charge is 0.383 e. The molecule has 0 radical (unpaired) electrons. The Labute approximate surface area is 103 Å². The van der Waals surface area contributed by atoms with Crippen LogP contribution in [0.3, 0.4) is 0 Å². The van der Waals surface area contributed by atoms with Crippen LogP contribution >= 0.6 is 0 Å². The molecule has 100 valence electrons. The van der Waals surface area contributed by atoms with Gasteiger partial charge in [0.1, 0.15) is 0 Å². The van der Waals surface area contributed by atoms with E-state index < -0.39 is 0 Å². The lowest BCUT2D eigenvalue weighted by atomic mass is 10.1. The molecule has 1 aliphatic heterocycles. The zero-order valence-electron chi connectivity index (χ0n) is 10.9. The maximum absolute atomic E-state index is 12.1. The summed E-state index contributed by atoms with van der Waals surface area (Å²) in [5.41, 5.74) is 0. The molecule has 1 unspecified atom stereocenters. The van der Waals surface area contributed by atoms with Crippen LogP contribution in [0.15, 0.2) is 0 Å². The highest BCUT2D eigenvalue weighted by molar-refractivity contribution is 5.76. The van der Waals surface area contributed by atoms with Crippen LogP contribution < -0.4 is 5.32 Å². The van der Waals surface area contributed by atoms with E-state index in [9.17, 15) is 4.79 Å². The van der Waals surface area contributed by atoms with Gasteiger partial charge in [-0.15, -0.1) is 0 Å². The monoisotopic (exact) mass is 244 g/mol. The standard InChI is InChI=1S/C12H24N2O3/c1-16-8-6-14(7-9-17-2)12(15)10-11-4-3-5-13-11/h11,13H,3-10H2,1-2H3. The number of methoxy groups -OCH3 is 2. The Kier molecular flexibility index (Phi) is 7.16. The Bertz CT molecular complexity index is 210. The smallest absolute Gasteiger partial charge is 0.224 e. The molecule has 0 aromatic carbocycles. The van der Waals surface area contributed by atoms with Gasteiger partial charge in [-0.3, -0.25) is 4.79 Å². The molecule has 1 heterocycles. The molecule has 1 N–H and O–H groups in total. The van der Waals surface area contributed by atoms with Crippen LogP contribution in [0.4, 0.5) is 0 Å². The van der Waals surface area contributed by atoms with E-state index in [4.69, 9.17) is 9.47 Å². The summed E-state index contributed by atoms with van der Waals surface area (Å²) in [6, 6.07) is 0.357. The number of ether oxygens (including phenoxy) is 2. The third-order valence-electron chi connectivity index (χ3n) is 3.07. The van der Waals surface area contributed by atoms with E-state index in [0.717, 1.165) is 13.0 Å². The van der Waals surface area contributed by atoms with Gasteiger partial charge in [0.25, 0.3) is 0 Å². The molecule has 17 heavy (non-hydrogen) atoms. The predicted octanol–water partition coefficient (Wildman–Crippen LogP) is 0.250. The van der Waals surface area contributed by atoms with Crippen molar-refractivity contribution in [3.8, 4) is 0 Å². The van der Waals surface area contributed by atoms with Crippen molar-refractivity contribution in [2.24, 2.45) is 0 Å². The first-order valence-corrected chi connectivity index (χ1v) is 6.27. The van der Waals surface area contributed by atoms with E-state index in [1.54, 1.807) is 14.2 Å². The normalized spacial score (nSPS) is 19.5. The first-order valence-electron chi connectivity index (χ1n) is 6.27. The SMILES string of the molecule is COCCN(CCOC)C(=O)CC1CCCN1. The molecule has 1 amide bonds. The summed E-state index contributed by atoms with van der Waals surface area (Å²) < 4.78 is 10.0. The van der Waals surface area contributed by atoms with Crippen LogP contribution in [0.25, 0.3) is 0 Å². The van der Waals surface area contributed by atoms with Crippen molar-refractivity contribution in [3.05, 3.63) is 0 Å². The minimum Gasteiger partial charge on any atom is -0.383 e. The highest BCUT2D eigenvalue weighted by Crippen LogP contribution is 2.10. The molecule has 5 heteroatoms. The first-order chi connectivity index (χ1) is 8.27. The van der Waals surface area contributed by atoms with Crippen LogP contribution in [-0.2, 0) is 14.3 Å². The summed E-state index contributed by atoms with van der Waals surface area (Å²) >= 11 is 0. The van der Waals surface area contributed by atoms with Crippen molar-refractivity contribution in [1.82, 2.24) is 10.2 Å². The molecular formula is C12H24N2O3. The number of carbonyl (C=O) groups excluding carboxylic acids is 1. The molecule has 0 aliphatic carbocycles. The highest BCUT2D eigenvalue weighted by Gasteiger charge is 2.21. The van der Waals surface area contributed by atoms with Gasteiger partial charge in [0.2, 0.25) is 5.91 Å². The van der Waals surface area contributed by atoms with E-state index in [1.165, 1.54) is 6.42 Å². The summed E-state index contributed by atoms with van der Waals surface area (Å²) in [7, 11) is 3.30. The lowest BCUT2D eigenvalue weighted by molar-refractivity contribution is -0.133. The van der Waals surface area contributed by atoms with E-state index in [-0.39, 0.29) is 5.91 Å². The Morgan fingerprint density at radius 1 is 1.29 bits per heavy atom. The topological polar surface area (TPSA) is 50.8 Å². The number of nitrogens with one attached hydrogen (secondary N) is 1. The molecule has 0 aromatic rings. The van der Waals surface area contributed by atoms with Crippen molar-refractivity contribution >= 4 is 5.91 Å². The van der Waals surface area contributed by atoms with Gasteiger partial charge in [-0.25, -0.2) is 0 Å². The Morgan fingerprint density at radius 3 is 2.41 bits per heavy atom. The summed E-state index contributed by atoms with van der Waals surface area (Å²) in [4.78, 5) is 13.9. The predicted molar refractivity (Wildman–Crippen MR) is 66.0 cm³/mol. The third-order valence-corrected chi connectivity index (χ3v) is 3.07. The minimum absolute atomic E-state index is 0.193. The zero-order valence-corrected chi connectivity index (χ0v) is 10.9. The second kappa shape index (κ2) is 8.44. The van der Waals surface area contributed by atoms with Gasteiger partial charge in [-0.2, -0.15) is 0 Å². The molecule has 1 saturated heterocycles. The molecule has 1 aliphatic rings. The number of amides is 1. The Hall–Kier alpha value is -0.650. The quantitative estimate of drug-likeness (QED) is 0.665. The molecule has 1 rings (SSSR count).